The minimum absolute atomic E-state index is 0.0775. The summed E-state index contributed by atoms with van der Waals surface area (Å²) in [7, 11) is 1.65. The highest BCUT2D eigenvalue weighted by Gasteiger charge is 2.09. The maximum Gasteiger partial charge on any atom is 0.230 e. The fourth-order valence-electron chi connectivity index (χ4n) is 2.24. The minimum atomic E-state index is 0.0775. The second kappa shape index (κ2) is 8.50. The van der Waals surface area contributed by atoms with E-state index in [4.69, 9.17) is 16.3 Å². The van der Waals surface area contributed by atoms with Crippen molar-refractivity contribution in [3.05, 3.63) is 47.9 Å². The normalized spacial score (nSPS) is 11.8. The van der Waals surface area contributed by atoms with Gasteiger partial charge in [-0.3, -0.25) is 0 Å². The highest BCUT2D eigenvalue weighted by atomic mass is 35.5. The lowest BCUT2D eigenvalue weighted by Crippen LogP contribution is -2.22. The smallest absolute Gasteiger partial charge is 0.230 e. The number of hydrogen-bond acceptors (Lipinski definition) is 8. The van der Waals surface area contributed by atoms with Gasteiger partial charge in [0.15, 0.2) is 5.82 Å². The molecule has 1 unspecified atom stereocenters. The molecule has 0 bridgehead atoms. The Kier molecular flexibility index (Phi) is 5.88. The second-order valence-electron chi connectivity index (χ2n) is 5.53. The third-order valence-electron chi connectivity index (χ3n) is 3.33. The lowest BCUT2D eigenvalue weighted by Gasteiger charge is -2.12. The van der Waals surface area contributed by atoms with Crippen LogP contribution >= 0.6 is 11.6 Å². The topological polar surface area (TPSA) is 97.7 Å². The van der Waals surface area contributed by atoms with E-state index in [0.717, 1.165) is 5.69 Å². The minimum Gasteiger partial charge on any atom is -0.383 e. The summed E-state index contributed by atoms with van der Waals surface area (Å²) in [5.74, 6) is 1.32. The van der Waals surface area contributed by atoms with Crippen LogP contribution in [0.4, 0.5) is 17.6 Å². The molecule has 0 spiro atoms. The molecular formula is C17H18ClN7O. The second-order valence-corrected chi connectivity index (χ2v) is 5.97. The Morgan fingerprint density at radius 1 is 1.12 bits per heavy atom. The quantitative estimate of drug-likeness (QED) is 0.653. The first-order valence-corrected chi connectivity index (χ1v) is 8.32. The van der Waals surface area contributed by atoms with Crippen LogP contribution in [-0.4, -0.2) is 44.7 Å². The molecule has 0 aliphatic rings. The van der Waals surface area contributed by atoms with E-state index in [9.17, 15) is 0 Å². The zero-order valence-corrected chi connectivity index (χ0v) is 15.1. The molecule has 3 rings (SSSR count). The van der Waals surface area contributed by atoms with Gasteiger partial charge < -0.3 is 15.4 Å². The Labute approximate surface area is 156 Å². The first-order chi connectivity index (χ1) is 12.6. The maximum absolute atomic E-state index is 5.99. The van der Waals surface area contributed by atoms with E-state index in [1.54, 1.807) is 31.5 Å². The molecule has 134 valence electrons. The molecule has 8 nitrogen and oxygen atoms in total. The summed E-state index contributed by atoms with van der Waals surface area (Å²) in [5.41, 5.74) is 1.37. The fourth-order valence-corrected chi connectivity index (χ4v) is 2.43. The van der Waals surface area contributed by atoms with Gasteiger partial charge in [-0.25, -0.2) is 19.9 Å². The molecule has 0 radical (unpaired) electrons. The molecule has 3 aromatic rings. The van der Waals surface area contributed by atoms with Gasteiger partial charge in [-0.1, -0.05) is 17.7 Å². The SMILES string of the molecule is COCC(C)Nc1nccc(-c2ncnc(Nc3cccc(Cl)c3)n2)n1. The van der Waals surface area contributed by atoms with E-state index in [1.165, 1.54) is 6.33 Å². The molecule has 2 heterocycles. The van der Waals surface area contributed by atoms with Crippen molar-refractivity contribution in [1.29, 1.82) is 0 Å². The van der Waals surface area contributed by atoms with Crippen molar-refractivity contribution in [1.82, 2.24) is 24.9 Å². The van der Waals surface area contributed by atoms with Gasteiger partial charge in [-0.05, 0) is 31.2 Å². The molecule has 9 heteroatoms. The molecular weight excluding hydrogens is 354 g/mol. The third kappa shape index (κ3) is 4.84. The number of anilines is 3. The van der Waals surface area contributed by atoms with Crippen LogP contribution in [0.3, 0.4) is 0 Å². The van der Waals surface area contributed by atoms with Crippen LogP contribution in [0.15, 0.2) is 42.9 Å². The summed E-state index contributed by atoms with van der Waals surface area (Å²) in [4.78, 5) is 21.4. The largest absolute Gasteiger partial charge is 0.383 e. The summed E-state index contributed by atoms with van der Waals surface area (Å²) in [5, 5.41) is 6.89. The van der Waals surface area contributed by atoms with Crippen molar-refractivity contribution in [2.45, 2.75) is 13.0 Å². The van der Waals surface area contributed by atoms with E-state index in [1.807, 2.05) is 19.1 Å². The Morgan fingerprint density at radius 3 is 2.81 bits per heavy atom. The summed E-state index contributed by atoms with van der Waals surface area (Å²) in [6, 6.07) is 9.12. The molecule has 0 saturated heterocycles. The Hall–Kier alpha value is -2.84. The zero-order valence-electron chi connectivity index (χ0n) is 14.3. The molecule has 0 saturated carbocycles. The number of aromatic nitrogens is 5. The molecule has 0 amide bonds. The zero-order chi connectivity index (χ0) is 18.4. The van der Waals surface area contributed by atoms with Crippen molar-refractivity contribution in [2.75, 3.05) is 24.4 Å². The average Bonchev–Trinajstić information content (AvgIpc) is 2.62. The molecule has 0 fully saturated rings. The number of halogens is 1. The van der Waals surface area contributed by atoms with Gasteiger partial charge in [0.2, 0.25) is 11.9 Å². The molecule has 2 aromatic heterocycles. The summed E-state index contributed by atoms with van der Waals surface area (Å²) >= 11 is 5.99. The lowest BCUT2D eigenvalue weighted by molar-refractivity contribution is 0.190. The van der Waals surface area contributed by atoms with Crippen LogP contribution in [0.1, 0.15) is 6.92 Å². The lowest BCUT2D eigenvalue weighted by atomic mass is 10.3. The van der Waals surface area contributed by atoms with Crippen molar-refractivity contribution in [2.24, 2.45) is 0 Å². The standard InChI is InChI=1S/C17H18ClN7O/c1-11(9-26-2)22-16-19-7-6-14(24-16)15-20-10-21-17(25-15)23-13-5-3-4-12(18)8-13/h3-8,10-11H,9H2,1-2H3,(H,19,22,24)(H,20,21,23,25). The Morgan fingerprint density at radius 2 is 2.00 bits per heavy atom. The van der Waals surface area contributed by atoms with Gasteiger partial charge in [0, 0.05) is 30.1 Å². The summed E-state index contributed by atoms with van der Waals surface area (Å²) in [6.45, 7) is 2.53. The van der Waals surface area contributed by atoms with Gasteiger partial charge in [0.1, 0.15) is 12.0 Å². The monoisotopic (exact) mass is 371 g/mol. The fraction of sp³-hybridized carbons (Fsp3) is 0.235. The van der Waals surface area contributed by atoms with Gasteiger partial charge in [-0.15, -0.1) is 0 Å². The number of benzene rings is 1. The third-order valence-corrected chi connectivity index (χ3v) is 3.56. The van der Waals surface area contributed by atoms with E-state index in [2.05, 4.69) is 35.6 Å². The molecule has 2 N–H and O–H groups in total. The van der Waals surface area contributed by atoms with Crippen LogP contribution in [0.25, 0.3) is 11.5 Å². The van der Waals surface area contributed by atoms with Crippen LogP contribution in [0.5, 0.6) is 0 Å². The van der Waals surface area contributed by atoms with E-state index in [0.29, 0.717) is 35.0 Å². The molecule has 0 aliphatic heterocycles. The first-order valence-electron chi connectivity index (χ1n) is 7.94. The molecule has 0 aliphatic carbocycles. The Balaban J connectivity index is 1.79. The Bertz CT molecular complexity index is 877. The van der Waals surface area contributed by atoms with Gasteiger partial charge in [0.25, 0.3) is 0 Å². The first kappa shape index (κ1) is 18.0. The number of hydrogen-bond donors (Lipinski definition) is 2. The van der Waals surface area contributed by atoms with Crippen molar-refractivity contribution >= 4 is 29.2 Å². The van der Waals surface area contributed by atoms with E-state index in [-0.39, 0.29) is 6.04 Å². The average molecular weight is 372 g/mol. The van der Waals surface area contributed by atoms with Crippen molar-refractivity contribution in [3.8, 4) is 11.5 Å². The summed E-state index contributed by atoms with van der Waals surface area (Å²) < 4.78 is 5.10. The van der Waals surface area contributed by atoms with Crippen LogP contribution in [-0.2, 0) is 4.74 Å². The predicted octanol–water partition coefficient (Wildman–Crippen LogP) is 3.17. The van der Waals surface area contributed by atoms with Gasteiger partial charge in [-0.2, -0.15) is 4.98 Å². The summed E-state index contributed by atoms with van der Waals surface area (Å²) in [6.07, 6.45) is 3.08. The molecule has 26 heavy (non-hydrogen) atoms. The van der Waals surface area contributed by atoms with E-state index >= 15 is 0 Å². The maximum atomic E-state index is 5.99. The van der Waals surface area contributed by atoms with Crippen LogP contribution in [0, 0.1) is 0 Å². The number of nitrogens with zero attached hydrogens (tertiary/aromatic N) is 5. The van der Waals surface area contributed by atoms with Crippen molar-refractivity contribution in [3.63, 3.8) is 0 Å². The van der Waals surface area contributed by atoms with Crippen molar-refractivity contribution < 1.29 is 4.74 Å². The van der Waals surface area contributed by atoms with Gasteiger partial charge >= 0.3 is 0 Å². The molecule has 1 atom stereocenters. The predicted molar refractivity (Wildman–Crippen MR) is 101 cm³/mol. The highest BCUT2D eigenvalue weighted by molar-refractivity contribution is 6.30. The number of methoxy groups -OCH3 is 1. The number of nitrogens with one attached hydrogen (secondary N) is 2. The van der Waals surface area contributed by atoms with Crippen LogP contribution in [0.2, 0.25) is 5.02 Å². The van der Waals surface area contributed by atoms with E-state index < -0.39 is 0 Å². The van der Waals surface area contributed by atoms with Gasteiger partial charge in [0.05, 0.1) is 6.61 Å². The van der Waals surface area contributed by atoms with Crippen LogP contribution < -0.4 is 10.6 Å². The molecule has 1 aromatic carbocycles. The number of rotatable bonds is 7. The number of ether oxygens (including phenoxy) is 1. The highest BCUT2D eigenvalue weighted by Crippen LogP contribution is 2.19.